The normalized spacial score (nSPS) is 16.0. The average Bonchev–Trinajstić information content (AvgIpc) is 3.10. The molecule has 1 amide bonds. The minimum absolute atomic E-state index is 0. The maximum Gasteiger partial charge on any atom is 0.284 e. The molecule has 1 heterocycles. The van der Waals surface area contributed by atoms with Gasteiger partial charge in [0.1, 0.15) is 0 Å². The van der Waals surface area contributed by atoms with Crippen molar-refractivity contribution in [1.82, 2.24) is 10.6 Å². The van der Waals surface area contributed by atoms with Crippen LogP contribution >= 0.6 is 24.2 Å². The lowest BCUT2D eigenvalue weighted by Crippen LogP contribution is -2.36. The Bertz CT molecular complexity index is 793. The highest BCUT2D eigenvalue weighted by atomic mass is 35.5. The highest BCUT2D eigenvalue weighted by molar-refractivity contribution is 7.99. The van der Waals surface area contributed by atoms with Crippen LogP contribution in [0.2, 0.25) is 0 Å². The molecular formula is C18H20ClN3O3S. The minimum Gasteiger partial charge on any atom is -0.348 e. The van der Waals surface area contributed by atoms with Gasteiger partial charge in [-0.3, -0.25) is 14.9 Å². The van der Waals surface area contributed by atoms with E-state index >= 15 is 0 Å². The van der Waals surface area contributed by atoms with E-state index in [0.717, 1.165) is 30.0 Å². The largest absolute Gasteiger partial charge is 0.348 e. The fraction of sp³-hybridized carbons (Fsp3) is 0.278. The smallest absolute Gasteiger partial charge is 0.284 e. The number of benzene rings is 2. The summed E-state index contributed by atoms with van der Waals surface area (Å²) < 4.78 is 0. The molecule has 6 nitrogen and oxygen atoms in total. The Morgan fingerprint density at radius 2 is 2.00 bits per heavy atom. The van der Waals surface area contributed by atoms with Crippen LogP contribution in [0.1, 0.15) is 22.3 Å². The quantitative estimate of drug-likeness (QED) is 0.599. The molecule has 1 fully saturated rings. The second kappa shape index (κ2) is 9.02. The van der Waals surface area contributed by atoms with Gasteiger partial charge in [-0.05, 0) is 44.2 Å². The molecule has 0 bridgehead atoms. The Balaban J connectivity index is 0.00000243. The van der Waals surface area contributed by atoms with Crippen molar-refractivity contribution in [2.45, 2.75) is 29.2 Å². The molecule has 2 aromatic carbocycles. The zero-order valence-corrected chi connectivity index (χ0v) is 15.9. The fourth-order valence-electron chi connectivity index (χ4n) is 2.67. The van der Waals surface area contributed by atoms with Crippen LogP contribution in [-0.4, -0.2) is 30.0 Å². The number of carbonyl (C=O) groups is 1. The Labute approximate surface area is 162 Å². The number of hydrogen-bond acceptors (Lipinski definition) is 5. The first-order valence-electron chi connectivity index (χ1n) is 8.07. The lowest BCUT2D eigenvalue weighted by atomic mass is 10.1. The number of nitro benzene ring substituents is 1. The van der Waals surface area contributed by atoms with Gasteiger partial charge in [0.25, 0.3) is 11.6 Å². The summed E-state index contributed by atoms with van der Waals surface area (Å²) in [6.07, 6.45) is 0.870. The molecular weight excluding hydrogens is 374 g/mol. The summed E-state index contributed by atoms with van der Waals surface area (Å²) in [7, 11) is 0. The fourth-order valence-corrected chi connectivity index (χ4v) is 3.57. The number of halogens is 1. The molecule has 2 aromatic rings. The molecule has 1 saturated heterocycles. The highest BCUT2D eigenvalue weighted by Crippen LogP contribution is 2.35. The zero-order valence-electron chi connectivity index (χ0n) is 14.2. The van der Waals surface area contributed by atoms with Crippen LogP contribution in [0.4, 0.5) is 5.69 Å². The Morgan fingerprint density at radius 1 is 1.27 bits per heavy atom. The first-order valence-corrected chi connectivity index (χ1v) is 8.89. The van der Waals surface area contributed by atoms with Gasteiger partial charge in [0.2, 0.25) is 0 Å². The summed E-state index contributed by atoms with van der Waals surface area (Å²) in [5, 5.41) is 17.5. The molecule has 2 N–H and O–H groups in total. The first kappa shape index (κ1) is 20.2. The number of rotatable bonds is 5. The average molecular weight is 394 g/mol. The van der Waals surface area contributed by atoms with Crippen LogP contribution < -0.4 is 10.6 Å². The molecule has 0 aromatic heterocycles. The molecule has 1 aliphatic heterocycles. The zero-order chi connectivity index (χ0) is 17.8. The van der Waals surface area contributed by atoms with E-state index in [1.165, 1.54) is 17.8 Å². The number of nitro groups is 1. The topological polar surface area (TPSA) is 84.3 Å². The monoisotopic (exact) mass is 393 g/mol. The van der Waals surface area contributed by atoms with Gasteiger partial charge in [-0.2, -0.15) is 0 Å². The number of nitrogens with one attached hydrogen (secondary N) is 2. The Morgan fingerprint density at radius 3 is 2.62 bits per heavy atom. The van der Waals surface area contributed by atoms with E-state index in [1.54, 1.807) is 12.1 Å². The SMILES string of the molecule is Cc1ccc(Sc2ccc(C(=O)NC3CCNC3)cc2[N+](=O)[O-])cc1.Cl. The molecule has 1 atom stereocenters. The molecule has 1 unspecified atom stereocenters. The molecule has 3 rings (SSSR count). The van der Waals surface area contributed by atoms with Crippen LogP contribution in [0.25, 0.3) is 0 Å². The van der Waals surface area contributed by atoms with Gasteiger partial charge in [0.05, 0.1) is 9.82 Å². The summed E-state index contributed by atoms with van der Waals surface area (Å²) >= 11 is 1.32. The van der Waals surface area contributed by atoms with E-state index in [9.17, 15) is 14.9 Å². The van der Waals surface area contributed by atoms with Crippen LogP contribution in [0, 0.1) is 17.0 Å². The van der Waals surface area contributed by atoms with Gasteiger partial charge >= 0.3 is 0 Å². The van der Waals surface area contributed by atoms with Crippen molar-refractivity contribution in [2.75, 3.05) is 13.1 Å². The number of aryl methyl sites for hydroxylation is 1. The second-order valence-corrected chi connectivity index (χ2v) is 7.13. The molecule has 0 radical (unpaired) electrons. The van der Waals surface area contributed by atoms with E-state index in [1.807, 2.05) is 31.2 Å². The van der Waals surface area contributed by atoms with Crippen molar-refractivity contribution in [3.63, 3.8) is 0 Å². The highest BCUT2D eigenvalue weighted by Gasteiger charge is 2.21. The maximum atomic E-state index is 12.3. The lowest BCUT2D eigenvalue weighted by Gasteiger charge is -2.12. The molecule has 8 heteroatoms. The third kappa shape index (κ3) is 4.97. The molecule has 26 heavy (non-hydrogen) atoms. The summed E-state index contributed by atoms with van der Waals surface area (Å²) in [6.45, 7) is 3.59. The van der Waals surface area contributed by atoms with E-state index in [-0.39, 0.29) is 30.0 Å². The molecule has 0 aliphatic carbocycles. The Hall–Kier alpha value is -2.09. The number of amides is 1. The first-order chi connectivity index (χ1) is 12.0. The predicted molar refractivity (Wildman–Crippen MR) is 104 cm³/mol. The third-order valence-electron chi connectivity index (χ3n) is 4.06. The van der Waals surface area contributed by atoms with Gasteiger partial charge in [0.15, 0.2) is 0 Å². The summed E-state index contributed by atoms with van der Waals surface area (Å²) in [5.41, 5.74) is 1.39. The van der Waals surface area contributed by atoms with Gasteiger partial charge in [-0.1, -0.05) is 29.5 Å². The van der Waals surface area contributed by atoms with Crippen molar-refractivity contribution in [3.8, 4) is 0 Å². The van der Waals surface area contributed by atoms with E-state index in [0.29, 0.717) is 10.5 Å². The molecule has 0 saturated carbocycles. The van der Waals surface area contributed by atoms with Crippen LogP contribution in [0.3, 0.4) is 0 Å². The third-order valence-corrected chi connectivity index (χ3v) is 5.14. The molecule has 138 valence electrons. The summed E-state index contributed by atoms with van der Waals surface area (Å²) in [4.78, 5) is 24.8. The number of nitrogens with zero attached hydrogens (tertiary/aromatic N) is 1. The standard InChI is InChI=1S/C18H19N3O3S.ClH/c1-12-2-5-15(6-3-12)25-17-7-4-13(10-16(17)21(23)24)18(22)20-14-8-9-19-11-14;/h2-7,10,14,19H,8-9,11H2,1H3,(H,20,22);1H. The lowest BCUT2D eigenvalue weighted by molar-refractivity contribution is -0.387. The summed E-state index contributed by atoms with van der Waals surface area (Å²) in [5.74, 6) is -0.274. The number of hydrogen-bond donors (Lipinski definition) is 2. The van der Waals surface area contributed by atoms with Crippen molar-refractivity contribution in [3.05, 3.63) is 63.7 Å². The van der Waals surface area contributed by atoms with Crippen molar-refractivity contribution in [2.24, 2.45) is 0 Å². The maximum absolute atomic E-state index is 12.3. The predicted octanol–water partition coefficient (Wildman–Crippen LogP) is 3.57. The number of carbonyl (C=O) groups excluding carboxylic acids is 1. The second-order valence-electron chi connectivity index (χ2n) is 6.02. The van der Waals surface area contributed by atoms with E-state index < -0.39 is 4.92 Å². The minimum atomic E-state index is -0.440. The van der Waals surface area contributed by atoms with Gasteiger partial charge < -0.3 is 10.6 Å². The van der Waals surface area contributed by atoms with Gasteiger partial charge in [0, 0.05) is 29.1 Å². The molecule has 1 aliphatic rings. The van der Waals surface area contributed by atoms with Gasteiger partial charge in [-0.25, -0.2) is 0 Å². The van der Waals surface area contributed by atoms with E-state index in [4.69, 9.17) is 0 Å². The van der Waals surface area contributed by atoms with Crippen LogP contribution in [-0.2, 0) is 0 Å². The van der Waals surface area contributed by atoms with Crippen LogP contribution in [0.15, 0.2) is 52.3 Å². The summed E-state index contributed by atoms with van der Waals surface area (Å²) in [6, 6.07) is 12.5. The van der Waals surface area contributed by atoms with Crippen molar-refractivity contribution in [1.29, 1.82) is 0 Å². The van der Waals surface area contributed by atoms with Crippen molar-refractivity contribution >= 4 is 35.8 Å². The van der Waals surface area contributed by atoms with Crippen molar-refractivity contribution < 1.29 is 9.72 Å². The van der Waals surface area contributed by atoms with E-state index in [2.05, 4.69) is 10.6 Å². The Kier molecular flexibility index (Phi) is 7.02. The van der Waals surface area contributed by atoms with Crippen LogP contribution in [0.5, 0.6) is 0 Å². The van der Waals surface area contributed by atoms with Gasteiger partial charge in [-0.15, -0.1) is 12.4 Å². The molecule has 0 spiro atoms.